The Morgan fingerprint density at radius 1 is 1.50 bits per heavy atom. The lowest BCUT2D eigenvalue weighted by atomic mass is 10.7. The number of hydrogen-bond donors (Lipinski definition) is 2. The summed E-state index contributed by atoms with van der Waals surface area (Å²) in [5.74, 6) is 0. The van der Waals surface area contributed by atoms with Crippen LogP contribution < -0.4 is 0 Å². The van der Waals surface area contributed by atoms with E-state index >= 15 is 0 Å². The Labute approximate surface area is 63.4 Å². The Morgan fingerprint density at radius 2 is 1.90 bits per heavy atom. The molecule has 0 amide bonds. The monoisotopic (exact) mass is 158 g/mol. The van der Waals surface area contributed by atoms with Crippen LogP contribution in [0.3, 0.4) is 0 Å². The van der Waals surface area contributed by atoms with Crippen molar-refractivity contribution >= 4 is 19.1 Å². The van der Waals surface area contributed by atoms with Gasteiger partial charge in [0.05, 0.1) is 0 Å². The van der Waals surface area contributed by atoms with Gasteiger partial charge in [-0.2, -0.15) is 0 Å². The fraction of sp³-hybridized carbons (Fsp3) is 0. The molecule has 1 rings (SSSR count). The van der Waals surface area contributed by atoms with E-state index in [-0.39, 0.29) is 6.47 Å². The molecule has 0 aliphatic heterocycles. The molecule has 1 aromatic rings. The van der Waals surface area contributed by atoms with Gasteiger partial charge in [0.1, 0.15) is 0 Å². The third-order valence-electron chi connectivity index (χ3n) is 0.552. The van der Waals surface area contributed by atoms with Gasteiger partial charge in [0.15, 0.2) is 5.16 Å². The van der Waals surface area contributed by atoms with Crippen LogP contribution in [0.2, 0.25) is 0 Å². The molecule has 0 radical (unpaired) electrons. The maximum Gasteiger partial charge on any atom is 0.290 e. The summed E-state index contributed by atoms with van der Waals surface area (Å²) in [5.41, 5.74) is 0. The number of aromatic nitrogens is 2. The van der Waals surface area contributed by atoms with Crippen molar-refractivity contribution in [2.45, 2.75) is 5.16 Å². The average molecular weight is 158 g/mol. The molecule has 0 bridgehead atoms. The van der Waals surface area contributed by atoms with Gasteiger partial charge >= 0.3 is 0 Å². The second kappa shape index (κ2) is 6.03. The normalized spacial score (nSPS) is 7.30. The highest BCUT2D eigenvalue weighted by Crippen LogP contribution is 1.89. The largest absolute Gasteiger partial charge is 0.483 e. The molecule has 4 nitrogen and oxygen atoms in total. The van der Waals surface area contributed by atoms with E-state index in [9.17, 15) is 0 Å². The summed E-state index contributed by atoms with van der Waals surface area (Å²) in [4.78, 5) is 15.8. The molecule has 1 N–H and O–H groups in total. The summed E-state index contributed by atoms with van der Waals surface area (Å²) >= 11 is 3.86. The summed E-state index contributed by atoms with van der Waals surface area (Å²) in [6, 6.07) is 1.75. The van der Waals surface area contributed by atoms with Crippen LogP contribution in [-0.4, -0.2) is 21.5 Å². The molecule has 0 unspecified atom stereocenters. The molecular weight excluding hydrogens is 152 g/mol. The molecule has 1 aromatic heterocycles. The first-order valence-corrected chi connectivity index (χ1v) is 2.79. The Bertz CT molecular complexity index is 180. The summed E-state index contributed by atoms with van der Waals surface area (Å²) in [7, 11) is 0. The number of carboxylic acid groups (broad SMARTS) is 1. The first-order chi connectivity index (χ1) is 4.81. The van der Waals surface area contributed by atoms with Crippen LogP contribution in [0, 0.1) is 0 Å². The van der Waals surface area contributed by atoms with Crippen molar-refractivity contribution in [1.82, 2.24) is 9.97 Å². The minimum atomic E-state index is -0.250. The first-order valence-electron chi connectivity index (χ1n) is 2.35. The molecule has 54 valence electrons. The van der Waals surface area contributed by atoms with Gasteiger partial charge in [-0.1, -0.05) is 0 Å². The molecule has 0 aliphatic rings. The third-order valence-corrected chi connectivity index (χ3v) is 0.783. The molecule has 1 heterocycles. The van der Waals surface area contributed by atoms with Crippen LogP contribution in [0.4, 0.5) is 0 Å². The van der Waals surface area contributed by atoms with Crippen molar-refractivity contribution in [1.29, 1.82) is 0 Å². The topological polar surface area (TPSA) is 63.1 Å². The first kappa shape index (κ1) is 8.90. The third kappa shape index (κ3) is 5.04. The highest BCUT2D eigenvalue weighted by Gasteiger charge is 1.76. The van der Waals surface area contributed by atoms with Crippen molar-refractivity contribution in [2.24, 2.45) is 0 Å². The van der Waals surface area contributed by atoms with E-state index in [1.807, 2.05) is 0 Å². The lowest BCUT2D eigenvalue weighted by molar-refractivity contribution is -0.122. The van der Waals surface area contributed by atoms with Crippen LogP contribution in [0.5, 0.6) is 0 Å². The zero-order valence-electron chi connectivity index (χ0n) is 5.01. The minimum Gasteiger partial charge on any atom is -0.483 e. The van der Waals surface area contributed by atoms with Gasteiger partial charge in [-0.25, -0.2) is 9.97 Å². The molecule has 0 aromatic carbocycles. The Hall–Kier alpha value is -1.10. The molecule has 0 saturated heterocycles. The van der Waals surface area contributed by atoms with E-state index in [2.05, 4.69) is 22.6 Å². The fourth-order valence-electron chi connectivity index (χ4n) is 0.291. The van der Waals surface area contributed by atoms with Crippen LogP contribution >= 0.6 is 12.6 Å². The summed E-state index contributed by atoms with van der Waals surface area (Å²) < 4.78 is 0. The van der Waals surface area contributed by atoms with Crippen LogP contribution in [-0.2, 0) is 4.79 Å². The van der Waals surface area contributed by atoms with E-state index in [1.54, 1.807) is 18.5 Å². The molecule has 10 heavy (non-hydrogen) atoms. The van der Waals surface area contributed by atoms with Crippen molar-refractivity contribution in [3.63, 3.8) is 0 Å². The van der Waals surface area contributed by atoms with E-state index in [0.717, 1.165) is 0 Å². The van der Waals surface area contributed by atoms with Crippen LogP contribution in [0.1, 0.15) is 0 Å². The lowest BCUT2D eigenvalue weighted by Crippen LogP contribution is -1.75. The van der Waals surface area contributed by atoms with E-state index in [0.29, 0.717) is 5.16 Å². The Morgan fingerprint density at radius 3 is 2.10 bits per heavy atom. The Kier molecular flexibility index (Phi) is 5.36. The van der Waals surface area contributed by atoms with E-state index < -0.39 is 0 Å². The van der Waals surface area contributed by atoms with Gasteiger partial charge < -0.3 is 5.11 Å². The maximum atomic E-state index is 8.36. The highest BCUT2D eigenvalue weighted by atomic mass is 32.1. The summed E-state index contributed by atoms with van der Waals surface area (Å²) in [5, 5.41) is 7.41. The van der Waals surface area contributed by atoms with Gasteiger partial charge in [-0.15, -0.1) is 12.6 Å². The molecule has 0 atom stereocenters. The lowest BCUT2D eigenvalue weighted by Gasteiger charge is -1.80. The smallest absolute Gasteiger partial charge is 0.290 e. The number of hydrogen-bond acceptors (Lipinski definition) is 4. The van der Waals surface area contributed by atoms with Crippen LogP contribution in [0.25, 0.3) is 0 Å². The maximum absolute atomic E-state index is 8.36. The summed E-state index contributed by atoms with van der Waals surface area (Å²) in [6.07, 6.45) is 3.30. The molecule has 0 fully saturated rings. The van der Waals surface area contributed by atoms with Gasteiger partial charge in [0, 0.05) is 12.4 Å². The molecule has 0 saturated carbocycles. The molecule has 0 aliphatic carbocycles. The standard InChI is InChI=1S/C4H4N2S.CH2O2/c7-4-5-2-1-3-6-4;2-1-3/h1-3H,(H,5,6,7);1H,(H,2,3). The number of rotatable bonds is 0. The quantitative estimate of drug-likeness (QED) is 0.327. The van der Waals surface area contributed by atoms with E-state index in [1.165, 1.54) is 0 Å². The van der Waals surface area contributed by atoms with Gasteiger partial charge in [0.2, 0.25) is 0 Å². The zero-order valence-corrected chi connectivity index (χ0v) is 5.90. The van der Waals surface area contributed by atoms with Gasteiger partial charge in [-0.05, 0) is 6.07 Å². The number of thiol groups is 1. The molecule has 5 heteroatoms. The Balaban J connectivity index is 0.000000236. The van der Waals surface area contributed by atoms with Crippen molar-refractivity contribution in [3.05, 3.63) is 18.5 Å². The predicted octanol–water partition coefficient (Wildman–Crippen LogP) is 0.466. The molecular formula is C5H6N2O2S. The van der Waals surface area contributed by atoms with E-state index in [4.69, 9.17) is 9.90 Å². The predicted molar refractivity (Wildman–Crippen MR) is 38.0 cm³/mol. The second-order valence-corrected chi connectivity index (χ2v) is 1.55. The van der Waals surface area contributed by atoms with Crippen molar-refractivity contribution in [3.8, 4) is 0 Å². The second-order valence-electron chi connectivity index (χ2n) is 1.15. The van der Waals surface area contributed by atoms with Crippen LogP contribution in [0.15, 0.2) is 23.6 Å². The number of nitrogens with zero attached hydrogens (tertiary/aromatic N) is 2. The van der Waals surface area contributed by atoms with Gasteiger partial charge in [0.25, 0.3) is 6.47 Å². The molecule has 0 spiro atoms. The summed E-state index contributed by atoms with van der Waals surface area (Å²) in [6.45, 7) is -0.250. The SMILES string of the molecule is O=CO.Sc1ncccn1. The highest BCUT2D eigenvalue weighted by molar-refractivity contribution is 7.80. The average Bonchev–Trinajstić information content (AvgIpc) is 1.91. The number of carbonyl (C=O) groups is 1. The minimum absolute atomic E-state index is 0.250. The van der Waals surface area contributed by atoms with Crippen molar-refractivity contribution in [2.75, 3.05) is 0 Å². The fourth-order valence-corrected chi connectivity index (χ4v) is 0.425. The van der Waals surface area contributed by atoms with Gasteiger partial charge in [-0.3, -0.25) is 4.79 Å². The van der Waals surface area contributed by atoms with Crippen molar-refractivity contribution < 1.29 is 9.90 Å². The zero-order chi connectivity index (χ0) is 7.82.